The number of amides is 1. The molecule has 1 amide bonds. The summed E-state index contributed by atoms with van der Waals surface area (Å²) >= 11 is 0. The van der Waals surface area contributed by atoms with Crippen molar-refractivity contribution in [2.45, 2.75) is 25.4 Å². The van der Waals surface area contributed by atoms with E-state index in [4.69, 9.17) is 0 Å². The molecule has 2 rings (SSSR count). The molecule has 1 aromatic rings. The van der Waals surface area contributed by atoms with Crippen molar-refractivity contribution in [2.75, 3.05) is 24.2 Å². The number of benzene rings is 1. The standard InChI is InChI=1S/C14H17F3N2O3S/c15-14(16,17)11-3-5-12(6-4-11)18-13(20)7-10-23(21,22)19-8-1-2-9-19/h3-6H,1-2,7-10H2,(H,18,20). The number of halogens is 3. The molecule has 1 aliphatic heterocycles. The second-order valence-corrected chi connectivity index (χ2v) is 7.38. The molecule has 23 heavy (non-hydrogen) atoms. The number of carbonyl (C=O) groups is 1. The van der Waals surface area contributed by atoms with Crippen LogP contribution >= 0.6 is 0 Å². The van der Waals surface area contributed by atoms with E-state index >= 15 is 0 Å². The van der Waals surface area contributed by atoms with Crippen molar-refractivity contribution in [3.63, 3.8) is 0 Å². The summed E-state index contributed by atoms with van der Waals surface area (Å²) in [6, 6.07) is 3.98. The van der Waals surface area contributed by atoms with Crippen LogP contribution in [-0.2, 0) is 21.0 Å². The second-order valence-electron chi connectivity index (χ2n) is 5.30. The molecular formula is C14H17F3N2O3S. The quantitative estimate of drug-likeness (QED) is 0.887. The van der Waals surface area contributed by atoms with Gasteiger partial charge >= 0.3 is 6.18 Å². The fourth-order valence-corrected chi connectivity index (χ4v) is 3.80. The van der Waals surface area contributed by atoms with Gasteiger partial charge in [-0.05, 0) is 37.1 Å². The third kappa shape index (κ3) is 4.93. The first kappa shape index (κ1) is 17.7. The molecule has 0 saturated carbocycles. The first-order valence-electron chi connectivity index (χ1n) is 7.13. The van der Waals surface area contributed by atoms with Gasteiger partial charge in [0.15, 0.2) is 0 Å². The number of nitrogens with one attached hydrogen (secondary N) is 1. The zero-order valence-corrected chi connectivity index (χ0v) is 13.1. The predicted molar refractivity (Wildman–Crippen MR) is 79.3 cm³/mol. The molecule has 1 fully saturated rings. The lowest BCUT2D eigenvalue weighted by atomic mass is 10.2. The molecule has 1 heterocycles. The van der Waals surface area contributed by atoms with Gasteiger partial charge in [0.1, 0.15) is 0 Å². The molecule has 1 N–H and O–H groups in total. The summed E-state index contributed by atoms with van der Waals surface area (Å²) in [6.45, 7) is 0.950. The molecule has 5 nitrogen and oxygen atoms in total. The van der Waals surface area contributed by atoms with Crippen LogP contribution in [0.1, 0.15) is 24.8 Å². The molecule has 0 atom stereocenters. The van der Waals surface area contributed by atoms with E-state index in [0.29, 0.717) is 13.1 Å². The highest BCUT2D eigenvalue weighted by molar-refractivity contribution is 7.89. The third-order valence-electron chi connectivity index (χ3n) is 3.54. The number of nitrogens with zero attached hydrogens (tertiary/aromatic N) is 1. The fraction of sp³-hybridized carbons (Fsp3) is 0.500. The lowest BCUT2D eigenvalue weighted by Gasteiger charge is -2.15. The zero-order chi connectivity index (χ0) is 17.1. The maximum Gasteiger partial charge on any atom is 0.416 e. The lowest BCUT2D eigenvalue weighted by molar-refractivity contribution is -0.137. The second kappa shape index (κ2) is 6.88. The van der Waals surface area contributed by atoms with Gasteiger partial charge in [-0.3, -0.25) is 4.79 Å². The van der Waals surface area contributed by atoms with Crippen molar-refractivity contribution in [1.29, 1.82) is 0 Å². The average Bonchev–Trinajstić information content (AvgIpc) is 3.00. The predicted octanol–water partition coefficient (Wildman–Crippen LogP) is 2.46. The van der Waals surface area contributed by atoms with Gasteiger partial charge in [0, 0.05) is 25.2 Å². The summed E-state index contributed by atoms with van der Waals surface area (Å²) in [4.78, 5) is 11.7. The van der Waals surface area contributed by atoms with Gasteiger partial charge in [-0.25, -0.2) is 12.7 Å². The number of hydrogen-bond acceptors (Lipinski definition) is 3. The van der Waals surface area contributed by atoms with Crippen molar-refractivity contribution in [2.24, 2.45) is 0 Å². The molecule has 128 valence electrons. The third-order valence-corrected chi connectivity index (χ3v) is 5.41. The lowest BCUT2D eigenvalue weighted by Crippen LogP contribution is -2.31. The van der Waals surface area contributed by atoms with E-state index in [1.54, 1.807) is 0 Å². The average molecular weight is 350 g/mol. The Morgan fingerprint density at radius 1 is 1.13 bits per heavy atom. The first-order valence-corrected chi connectivity index (χ1v) is 8.74. The van der Waals surface area contributed by atoms with Crippen LogP contribution in [0.15, 0.2) is 24.3 Å². The molecule has 0 radical (unpaired) electrons. The summed E-state index contributed by atoms with van der Waals surface area (Å²) < 4.78 is 62.6. The number of hydrogen-bond donors (Lipinski definition) is 1. The van der Waals surface area contributed by atoms with Crippen LogP contribution in [0.4, 0.5) is 18.9 Å². The minimum absolute atomic E-state index is 0.196. The van der Waals surface area contributed by atoms with Gasteiger partial charge in [-0.2, -0.15) is 13.2 Å². The Hall–Kier alpha value is -1.61. The van der Waals surface area contributed by atoms with Crippen LogP contribution in [-0.4, -0.2) is 37.5 Å². The van der Waals surface area contributed by atoms with Crippen LogP contribution < -0.4 is 5.32 Å². The Labute approximate surface area is 132 Å². The van der Waals surface area contributed by atoms with E-state index in [2.05, 4.69) is 5.32 Å². The van der Waals surface area contributed by atoms with Crippen molar-refractivity contribution in [1.82, 2.24) is 4.31 Å². The Morgan fingerprint density at radius 3 is 2.22 bits per heavy atom. The van der Waals surface area contributed by atoms with Gasteiger partial charge in [0.2, 0.25) is 15.9 Å². The van der Waals surface area contributed by atoms with E-state index in [0.717, 1.165) is 37.1 Å². The molecule has 0 unspecified atom stereocenters. The fourth-order valence-electron chi connectivity index (χ4n) is 2.28. The summed E-state index contributed by atoms with van der Waals surface area (Å²) in [5, 5.41) is 2.39. The van der Waals surface area contributed by atoms with Crippen molar-refractivity contribution in [3.05, 3.63) is 29.8 Å². The Balaban J connectivity index is 1.87. The maximum atomic E-state index is 12.4. The smallest absolute Gasteiger partial charge is 0.326 e. The molecule has 0 bridgehead atoms. The summed E-state index contributed by atoms with van der Waals surface area (Å²) in [6.07, 6.45) is -3.04. The van der Waals surface area contributed by atoms with E-state index < -0.39 is 27.7 Å². The van der Waals surface area contributed by atoms with Gasteiger partial charge in [0.05, 0.1) is 11.3 Å². The molecular weight excluding hydrogens is 333 g/mol. The maximum absolute atomic E-state index is 12.4. The molecule has 0 aliphatic carbocycles. The molecule has 1 aliphatic rings. The topological polar surface area (TPSA) is 66.5 Å². The summed E-state index contributed by atoms with van der Waals surface area (Å²) in [5.41, 5.74) is -0.617. The zero-order valence-electron chi connectivity index (χ0n) is 12.3. The van der Waals surface area contributed by atoms with Gasteiger partial charge in [-0.15, -0.1) is 0 Å². The van der Waals surface area contributed by atoms with Crippen LogP contribution in [0.2, 0.25) is 0 Å². The number of sulfonamides is 1. The molecule has 1 saturated heterocycles. The van der Waals surface area contributed by atoms with E-state index in [1.807, 2.05) is 0 Å². The minimum Gasteiger partial charge on any atom is -0.326 e. The Kier molecular flexibility index (Phi) is 5.30. The van der Waals surface area contributed by atoms with Crippen LogP contribution in [0.25, 0.3) is 0 Å². The highest BCUT2D eigenvalue weighted by Crippen LogP contribution is 2.29. The summed E-state index contributed by atoms with van der Waals surface area (Å²) in [7, 11) is -3.45. The molecule has 0 aromatic heterocycles. The molecule has 0 spiro atoms. The van der Waals surface area contributed by atoms with Gasteiger partial charge in [-0.1, -0.05) is 0 Å². The number of anilines is 1. The summed E-state index contributed by atoms with van der Waals surface area (Å²) in [5.74, 6) is -0.855. The highest BCUT2D eigenvalue weighted by Gasteiger charge is 2.30. The van der Waals surface area contributed by atoms with Crippen molar-refractivity contribution >= 4 is 21.6 Å². The van der Waals surface area contributed by atoms with Crippen LogP contribution in [0.5, 0.6) is 0 Å². The highest BCUT2D eigenvalue weighted by atomic mass is 32.2. The van der Waals surface area contributed by atoms with Gasteiger partial charge in [0.25, 0.3) is 0 Å². The largest absolute Gasteiger partial charge is 0.416 e. The molecule has 1 aromatic carbocycles. The van der Waals surface area contributed by atoms with Crippen LogP contribution in [0, 0.1) is 0 Å². The van der Waals surface area contributed by atoms with E-state index in [9.17, 15) is 26.4 Å². The van der Waals surface area contributed by atoms with Crippen molar-refractivity contribution in [3.8, 4) is 0 Å². The normalized spacial score (nSPS) is 16.5. The molecule has 9 heteroatoms. The van der Waals surface area contributed by atoms with E-state index in [1.165, 1.54) is 4.31 Å². The van der Waals surface area contributed by atoms with Crippen molar-refractivity contribution < 1.29 is 26.4 Å². The first-order chi connectivity index (χ1) is 10.7. The minimum atomic E-state index is -4.44. The number of rotatable bonds is 5. The monoisotopic (exact) mass is 350 g/mol. The van der Waals surface area contributed by atoms with E-state index in [-0.39, 0.29) is 17.9 Å². The Morgan fingerprint density at radius 2 is 1.70 bits per heavy atom. The van der Waals surface area contributed by atoms with Gasteiger partial charge < -0.3 is 5.32 Å². The number of alkyl halides is 3. The number of carbonyl (C=O) groups excluding carboxylic acids is 1. The SMILES string of the molecule is O=C(CCS(=O)(=O)N1CCCC1)Nc1ccc(C(F)(F)F)cc1. The Bertz CT molecular complexity index is 651. The van der Waals surface area contributed by atoms with Crippen LogP contribution in [0.3, 0.4) is 0 Å².